The second-order valence-corrected chi connectivity index (χ2v) is 5.87. The quantitative estimate of drug-likeness (QED) is 0.632. The van der Waals surface area contributed by atoms with Gasteiger partial charge in [-0.2, -0.15) is 0 Å². The Labute approximate surface area is 94.0 Å². The van der Waals surface area contributed by atoms with Gasteiger partial charge in [-0.15, -0.1) is 11.8 Å². The van der Waals surface area contributed by atoms with Gasteiger partial charge in [-0.25, -0.2) is 0 Å². The smallest absolute Gasteiger partial charge is 0.159 e. The average molecular weight is 221 g/mol. The minimum atomic E-state index is 0.155. The van der Waals surface area contributed by atoms with Gasteiger partial charge in [0.2, 0.25) is 0 Å². The van der Waals surface area contributed by atoms with Crippen LogP contribution in [0.15, 0.2) is 24.3 Å². The van der Waals surface area contributed by atoms with E-state index in [2.05, 4.69) is 12.2 Å². The molecule has 3 aliphatic rings. The number of fused-ring (bicyclic) bond motifs is 3. The third kappa shape index (κ3) is 1.41. The van der Waals surface area contributed by atoms with Crippen molar-refractivity contribution in [2.75, 3.05) is 5.75 Å². The standard InChI is InChI=1S/C12H15NOS/c13-12-11-8(6-15-12)5-4-7-2-1-3-9(14)10(7)11/h1,3-5,7-8,10-12H,2,6,13H2. The van der Waals surface area contributed by atoms with E-state index >= 15 is 0 Å². The first kappa shape index (κ1) is 9.67. The largest absolute Gasteiger partial charge is 0.319 e. The molecule has 3 heteroatoms. The molecule has 5 atom stereocenters. The van der Waals surface area contributed by atoms with Gasteiger partial charge in [0.1, 0.15) is 0 Å². The summed E-state index contributed by atoms with van der Waals surface area (Å²) in [7, 11) is 0. The fourth-order valence-electron chi connectivity index (χ4n) is 3.11. The fraction of sp³-hybridized carbons (Fsp3) is 0.583. The van der Waals surface area contributed by atoms with E-state index in [0.717, 1.165) is 12.2 Å². The second-order valence-electron chi connectivity index (χ2n) is 4.65. The minimum Gasteiger partial charge on any atom is -0.319 e. The zero-order valence-electron chi connectivity index (χ0n) is 8.50. The molecule has 0 bridgehead atoms. The van der Waals surface area contributed by atoms with Crippen molar-refractivity contribution in [3.8, 4) is 0 Å². The van der Waals surface area contributed by atoms with E-state index in [1.54, 1.807) is 6.08 Å². The van der Waals surface area contributed by atoms with Gasteiger partial charge in [0.05, 0.1) is 5.37 Å². The maximum atomic E-state index is 11.9. The summed E-state index contributed by atoms with van der Waals surface area (Å²) in [5.74, 6) is 2.86. The molecule has 1 heterocycles. The van der Waals surface area contributed by atoms with Crippen LogP contribution in [0.25, 0.3) is 0 Å². The number of hydrogen-bond acceptors (Lipinski definition) is 3. The highest BCUT2D eigenvalue weighted by Crippen LogP contribution is 2.47. The number of nitrogens with two attached hydrogens (primary N) is 1. The number of hydrogen-bond donors (Lipinski definition) is 1. The molecule has 0 aromatic carbocycles. The molecule has 0 spiro atoms. The summed E-state index contributed by atoms with van der Waals surface area (Å²) in [6, 6.07) is 0. The molecule has 1 aliphatic heterocycles. The predicted molar refractivity (Wildman–Crippen MR) is 62.3 cm³/mol. The number of allylic oxidation sites excluding steroid dienone is 4. The summed E-state index contributed by atoms with van der Waals surface area (Å²) < 4.78 is 0. The fourth-order valence-corrected chi connectivity index (χ4v) is 4.48. The number of thioether (sulfide) groups is 1. The maximum Gasteiger partial charge on any atom is 0.159 e. The summed E-state index contributed by atoms with van der Waals surface area (Å²) in [5, 5.41) is 0.155. The highest BCUT2D eigenvalue weighted by molar-refractivity contribution is 8.00. The Bertz CT molecular complexity index is 350. The highest BCUT2D eigenvalue weighted by atomic mass is 32.2. The van der Waals surface area contributed by atoms with Crippen LogP contribution in [0.3, 0.4) is 0 Å². The first-order valence-corrected chi connectivity index (χ1v) is 6.58. The molecule has 0 radical (unpaired) electrons. The lowest BCUT2D eigenvalue weighted by atomic mass is 9.66. The lowest BCUT2D eigenvalue weighted by Gasteiger charge is -2.37. The molecule has 15 heavy (non-hydrogen) atoms. The van der Waals surface area contributed by atoms with Gasteiger partial charge >= 0.3 is 0 Å². The molecule has 0 amide bonds. The summed E-state index contributed by atoms with van der Waals surface area (Å²) in [6.07, 6.45) is 9.30. The van der Waals surface area contributed by atoms with Crippen molar-refractivity contribution in [3.63, 3.8) is 0 Å². The second kappa shape index (κ2) is 3.49. The van der Waals surface area contributed by atoms with Gasteiger partial charge in [0, 0.05) is 17.6 Å². The molecule has 3 rings (SSSR count). The van der Waals surface area contributed by atoms with Gasteiger partial charge in [0.15, 0.2) is 5.78 Å². The molecule has 0 saturated carbocycles. The van der Waals surface area contributed by atoms with Crippen molar-refractivity contribution in [3.05, 3.63) is 24.3 Å². The monoisotopic (exact) mass is 221 g/mol. The molecular formula is C12H15NOS. The molecule has 5 unspecified atom stereocenters. The Morgan fingerprint density at radius 1 is 1.33 bits per heavy atom. The maximum absolute atomic E-state index is 11.9. The average Bonchev–Trinajstić information content (AvgIpc) is 2.61. The summed E-state index contributed by atoms with van der Waals surface area (Å²) in [6.45, 7) is 0. The van der Waals surface area contributed by atoms with Crippen LogP contribution < -0.4 is 5.73 Å². The van der Waals surface area contributed by atoms with Crippen LogP contribution in [0.1, 0.15) is 6.42 Å². The molecule has 1 saturated heterocycles. The first-order valence-electron chi connectivity index (χ1n) is 5.53. The lowest BCUT2D eigenvalue weighted by molar-refractivity contribution is -0.122. The zero-order chi connectivity index (χ0) is 10.4. The van der Waals surface area contributed by atoms with Crippen molar-refractivity contribution in [1.82, 2.24) is 0 Å². The van der Waals surface area contributed by atoms with Gasteiger partial charge in [-0.05, 0) is 24.3 Å². The van der Waals surface area contributed by atoms with Gasteiger partial charge in [0.25, 0.3) is 0 Å². The van der Waals surface area contributed by atoms with Crippen molar-refractivity contribution in [1.29, 1.82) is 0 Å². The zero-order valence-corrected chi connectivity index (χ0v) is 9.32. The van der Waals surface area contributed by atoms with Crippen molar-refractivity contribution in [2.45, 2.75) is 11.8 Å². The van der Waals surface area contributed by atoms with Crippen LogP contribution in [0.2, 0.25) is 0 Å². The van der Waals surface area contributed by atoms with E-state index in [0.29, 0.717) is 23.5 Å². The highest BCUT2D eigenvalue weighted by Gasteiger charge is 2.46. The van der Waals surface area contributed by atoms with Gasteiger partial charge < -0.3 is 5.73 Å². The van der Waals surface area contributed by atoms with E-state index in [4.69, 9.17) is 5.73 Å². The van der Waals surface area contributed by atoms with Crippen LogP contribution in [-0.2, 0) is 4.79 Å². The van der Waals surface area contributed by atoms with E-state index in [1.807, 2.05) is 17.8 Å². The van der Waals surface area contributed by atoms with Gasteiger partial charge in [-0.3, -0.25) is 4.79 Å². The third-order valence-corrected chi connectivity index (χ3v) is 5.13. The molecular weight excluding hydrogens is 206 g/mol. The molecule has 0 aromatic heterocycles. The lowest BCUT2D eigenvalue weighted by Crippen LogP contribution is -2.42. The molecule has 2 nitrogen and oxygen atoms in total. The predicted octanol–water partition coefficient (Wildman–Crippen LogP) is 1.58. The van der Waals surface area contributed by atoms with Crippen molar-refractivity contribution >= 4 is 17.5 Å². The number of ketones is 1. The Morgan fingerprint density at radius 2 is 2.13 bits per heavy atom. The molecule has 0 aromatic rings. The molecule has 1 fully saturated rings. The minimum absolute atomic E-state index is 0.155. The van der Waals surface area contributed by atoms with Crippen LogP contribution in [0, 0.1) is 23.7 Å². The van der Waals surface area contributed by atoms with Crippen molar-refractivity contribution in [2.24, 2.45) is 29.4 Å². The van der Waals surface area contributed by atoms with E-state index in [1.165, 1.54) is 0 Å². The van der Waals surface area contributed by atoms with E-state index in [-0.39, 0.29) is 11.3 Å². The number of rotatable bonds is 0. The van der Waals surface area contributed by atoms with Gasteiger partial charge in [-0.1, -0.05) is 18.2 Å². The van der Waals surface area contributed by atoms with Crippen molar-refractivity contribution < 1.29 is 4.79 Å². The SMILES string of the molecule is NC1SCC2C=CC3CC=CC(=O)C3C21. The van der Waals surface area contributed by atoms with Crippen LogP contribution in [0.4, 0.5) is 0 Å². The first-order chi connectivity index (χ1) is 7.27. The van der Waals surface area contributed by atoms with E-state index < -0.39 is 0 Å². The number of carbonyl (C=O) groups is 1. The number of carbonyl (C=O) groups excluding carboxylic acids is 1. The topological polar surface area (TPSA) is 43.1 Å². The Balaban J connectivity index is 1.98. The normalized spacial score (nSPS) is 47.8. The molecule has 2 aliphatic carbocycles. The van der Waals surface area contributed by atoms with Crippen LogP contribution in [0.5, 0.6) is 0 Å². The Morgan fingerprint density at radius 3 is 3.00 bits per heavy atom. The van der Waals surface area contributed by atoms with Crippen LogP contribution in [-0.4, -0.2) is 16.9 Å². The van der Waals surface area contributed by atoms with E-state index in [9.17, 15) is 4.79 Å². The Hall–Kier alpha value is -0.540. The third-order valence-electron chi connectivity index (χ3n) is 3.86. The summed E-state index contributed by atoms with van der Waals surface area (Å²) >= 11 is 1.81. The summed E-state index contributed by atoms with van der Waals surface area (Å²) in [5.41, 5.74) is 6.11. The summed E-state index contributed by atoms with van der Waals surface area (Å²) in [4.78, 5) is 11.9. The molecule has 2 N–H and O–H groups in total. The molecule has 80 valence electrons. The Kier molecular flexibility index (Phi) is 2.25. The van der Waals surface area contributed by atoms with Crippen LogP contribution >= 0.6 is 11.8 Å².